The molecule has 1 atom stereocenters. The third kappa shape index (κ3) is 4.78. The average Bonchev–Trinajstić information content (AvgIpc) is 3.25. The molecule has 1 unspecified atom stereocenters. The minimum atomic E-state index is -2.30. The van der Waals surface area contributed by atoms with E-state index in [0.29, 0.717) is 21.1 Å². The molecule has 3 aromatic carbocycles. The van der Waals surface area contributed by atoms with Gasteiger partial charge >= 0.3 is 202 Å². The number of benzene rings is 3. The third-order valence-electron chi connectivity index (χ3n) is 7.46. The van der Waals surface area contributed by atoms with Gasteiger partial charge in [-0.15, -0.1) is 0 Å². The summed E-state index contributed by atoms with van der Waals surface area (Å²) in [5, 5.41) is 0. The second kappa shape index (κ2) is 9.95. The van der Waals surface area contributed by atoms with Crippen molar-refractivity contribution in [3.05, 3.63) is 100.0 Å². The van der Waals surface area contributed by atoms with Crippen LogP contribution in [0.1, 0.15) is 49.4 Å². The number of aromatic nitrogens is 3. The molecule has 3 heterocycles. The van der Waals surface area contributed by atoms with Crippen LogP contribution in [0.2, 0.25) is 0 Å². The van der Waals surface area contributed by atoms with Gasteiger partial charge in [0, 0.05) is 6.20 Å². The van der Waals surface area contributed by atoms with Crippen LogP contribution in [0.5, 0.6) is 11.5 Å². The number of fused-ring (bicyclic) bond motifs is 2. The topological polar surface area (TPSA) is 35.2 Å². The van der Waals surface area contributed by atoms with E-state index in [-0.39, 0.29) is 5.41 Å². The molecule has 2 aromatic heterocycles. The first kappa shape index (κ1) is 22.4. The Balaban J connectivity index is 1.37. The van der Waals surface area contributed by atoms with Crippen molar-refractivity contribution in [3.63, 3.8) is 0 Å². The van der Waals surface area contributed by atoms with Gasteiger partial charge < -0.3 is 0 Å². The molecule has 6 heteroatoms. The van der Waals surface area contributed by atoms with Gasteiger partial charge in [0.15, 0.2) is 0 Å². The van der Waals surface area contributed by atoms with Gasteiger partial charge in [0.05, 0.1) is 0 Å². The molecular weight excluding hydrogens is 663 g/mol. The molecule has 0 spiro atoms. The summed E-state index contributed by atoms with van der Waals surface area (Å²) in [6.45, 7) is 6.61. The summed E-state index contributed by atoms with van der Waals surface area (Å²) in [4.78, 5) is 7.11. The molecule has 0 N–H and O–H groups in total. The number of nitrogens with zero attached hydrogens (tertiary/aromatic N) is 4. The zero-order valence-electron chi connectivity index (χ0n) is 25.6. The minimum absolute atomic E-state index is 0.0290. The van der Waals surface area contributed by atoms with E-state index in [4.69, 9.17) is 13.8 Å². The number of imidazole rings is 1. The Kier molecular flexibility index (Phi) is 5.71. The van der Waals surface area contributed by atoms with Gasteiger partial charge in [0.2, 0.25) is 0 Å². The first-order chi connectivity index (χ1) is 19.9. The van der Waals surface area contributed by atoms with E-state index in [1.165, 1.54) is 15.7 Å². The van der Waals surface area contributed by atoms with Crippen LogP contribution in [-0.2, 0) is 38.2 Å². The molecular formula is C33H34N4OPt. The Labute approximate surface area is 245 Å². The summed E-state index contributed by atoms with van der Waals surface area (Å²) >= 11 is 2.09. The molecule has 0 bridgehead atoms. The molecule has 0 saturated heterocycles. The van der Waals surface area contributed by atoms with Crippen LogP contribution in [0.15, 0.2) is 85.1 Å². The maximum absolute atomic E-state index is 8.12. The first-order valence-electron chi connectivity index (χ1n) is 14.8. The van der Waals surface area contributed by atoms with Crippen LogP contribution < -0.4 is 9.64 Å². The molecule has 5 aromatic rings. The molecule has 0 fully saturated rings. The van der Waals surface area contributed by atoms with Gasteiger partial charge in [0.1, 0.15) is 0 Å². The zero-order valence-corrected chi connectivity index (χ0v) is 24.9. The molecule has 0 aliphatic carbocycles. The Morgan fingerprint density at radius 3 is 2.54 bits per heavy atom. The van der Waals surface area contributed by atoms with E-state index >= 15 is 0 Å². The molecule has 1 aliphatic heterocycles. The third-order valence-corrected chi connectivity index (χ3v) is 8.48. The zero-order chi connectivity index (χ0) is 29.8. The average molecular weight is 701 g/mol. The molecule has 39 heavy (non-hydrogen) atoms. The second-order valence-corrected chi connectivity index (χ2v) is 12.2. The summed E-state index contributed by atoms with van der Waals surface area (Å²) in [6, 6.07) is 26.2. The number of rotatable bonds is 4. The van der Waals surface area contributed by atoms with Gasteiger partial charge in [-0.05, 0) is 17.0 Å². The summed E-state index contributed by atoms with van der Waals surface area (Å²) in [7, 11) is 0. The van der Waals surface area contributed by atoms with Gasteiger partial charge in [-0.3, -0.25) is 0 Å². The van der Waals surface area contributed by atoms with Crippen molar-refractivity contribution in [3.8, 4) is 17.2 Å². The fourth-order valence-corrected chi connectivity index (χ4v) is 6.17. The van der Waals surface area contributed by atoms with Crippen molar-refractivity contribution in [2.24, 2.45) is 6.98 Å². The number of anilines is 2. The van der Waals surface area contributed by atoms with Gasteiger partial charge in [-0.1, -0.05) is 20.8 Å². The number of hydrogen-bond acceptors (Lipinski definition) is 3. The van der Waals surface area contributed by atoms with E-state index in [1.54, 1.807) is 0 Å². The van der Waals surface area contributed by atoms with E-state index < -0.39 is 6.98 Å². The van der Waals surface area contributed by atoms with E-state index in [9.17, 15) is 0 Å². The fourth-order valence-electron chi connectivity index (χ4n) is 5.33. The van der Waals surface area contributed by atoms with Crippen molar-refractivity contribution in [2.75, 3.05) is 4.90 Å². The van der Waals surface area contributed by atoms with Gasteiger partial charge in [-0.25, -0.2) is 0 Å². The maximum atomic E-state index is 8.12. The predicted octanol–water partition coefficient (Wildman–Crippen LogP) is 8.01. The number of para-hydroxylation sites is 2. The molecule has 0 radical (unpaired) electrons. The number of aryl methyl sites for hydroxylation is 2. The Morgan fingerprint density at radius 2 is 1.74 bits per heavy atom. The Hall–Kier alpha value is -3.43. The van der Waals surface area contributed by atoms with Crippen LogP contribution >= 0.6 is 0 Å². The van der Waals surface area contributed by atoms with Crippen molar-refractivity contribution in [1.29, 1.82) is 0 Å². The standard InChI is InChI=1S/C33H34N4O.Pt/c1-23-13-14-24-15-16-28(21-31(24)37(23)32-19-25(17-18-34-32)33(2,3)4)38-27-10-8-9-26(20-27)36-22-35(5)29-11-6-7-12-30(29)36;/h6-12,15-21,23H,13-14H2,1-5H3;/i5D3;. The van der Waals surface area contributed by atoms with Crippen molar-refractivity contribution in [2.45, 2.75) is 52.0 Å². The normalized spacial score (nSPS) is 16.9. The molecule has 5 nitrogen and oxygen atoms in total. The number of ether oxygens (including phenoxy) is 1. The molecule has 0 amide bonds. The SMILES string of the molecule is [2H]C([2H])([2H])n1[c](=[Pt])n(-c2cccc(Oc3ccc4c(c3)N(c3cc(C(C)(C)C)ccn3)C(C)CC4)c2)c2ccccc21. The van der Waals surface area contributed by atoms with Crippen LogP contribution in [0, 0.1) is 3.80 Å². The first-order valence-corrected chi connectivity index (χ1v) is 14.4. The van der Waals surface area contributed by atoms with Crippen LogP contribution in [0.3, 0.4) is 0 Å². The molecule has 202 valence electrons. The summed E-state index contributed by atoms with van der Waals surface area (Å²) < 4.78 is 34.8. The predicted molar refractivity (Wildman–Crippen MR) is 155 cm³/mol. The summed E-state index contributed by atoms with van der Waals surface area (Å²) in [5.74, 6) is 2.36. The van der Waals surface area contributed by atoms with Crippen LogP contribution in [0.4, 0.5) is 11.5 Å². The monoisotopic (exact) mass is 700 g/mol. The van der Waals surface area contributed by atoms with Crippen molar-refractivity contribution >= 4 is 22.5 Å². The summed E-state index contributed by atoms with van der Waals surface area (Å²) in [5.41, 5.74) is 5.98. The van der Waals surface area contributed by atoms with Crippen LogP contribution in [-0.4, -0.2) is 20.2 Å². The quantitative estimate of drug-likeness (QED) is 0.191. The second-order valence-electron chi connectivity index (χ2n) is 11.2. The van der Waals surface area contributed by atoms with Gasteiger partial charge in [-0.2, -0.15) is 0 Å². The van der Waals surface area contributed by atoms with E-state index in [2.05, 4.69) is 76.2 Å². The Morgan fingerprint density at radius 1 is 0.949 bits per heavy atom. The van der Waals surface area contributed by atoms with E-state index in [1.807, 2.05) is 65.4 Å². The molecule has 1 aliphatic rings. The van der Waals surface area contributed by atoms with Crippen LogP contribution in [0.25, 0.3) is 16.7 Å². The summed E-state index contributed by atoms with van der Waals surface area (Å²) in [6.07, 6.45) is 3.96. The van der Waals surface area contributed by atoms with Crippen molar-refractivity contribution in [1.82, 2.24) is 14.1 Å². The fraction of sp³-hybridized carbons (Fsp3) is 0.273. The van der Waals surface area contributed by atoms with Crippen molar-refractivity contribution < 1.29 is 28.2 Å². The molecule has 6 rings (SSSR count). The Bertz CT molecular complexity index is 1850. The number of pyridine rings is 1. The number of hydrogen-bond donors (Lipinski definition) is 0. The molecule has 0 saturated carbocycles. The van der Waals surface area contributed by atoms with Gasteiger partial charge in [0.25, 0.3) is 0 Å². The van der Waals surface area contributed by atoms with E-state index in [0.717, 1.165) is 41.3 Å².